The summed E-state index contributed by atoms with van der Waals surface area (Å²) in [6.45, 7) is 2.27. The summed E-state index contributed by atoms with van der Waals surface area (Å²) in [6, 6.07) is 15.0. The number of para-hydroxylation sites is 1. The Labute approximate surface area is 124 Å². The van der Waals surface area contributed by atoms with E-state index in [9.17, 15) is 5.11 Å². The van der Waals surface area contributed by atoms with Crippen molar-refractivity contribution in [2.45, 2.75) is 13.0 Å². The van der Waals surface area contributed by atoms with Crippen LogP contribution in [-0.2, 0) is 0 Å². The van der Waals surface area contributed by atoms with E-state index in [1.54, 1.807) is 13.2 Å². The number of ether oxygens (including phenoxy) is 1. The van der Waals surface area contributed by atoms with Crippen molar-refractivity contribution in [3.05, 3.63) is 59.2 Å². The average molecular weight is 282 g/mol. The zero-order chi connectivity index (χ0) is 15.2. The molecule has 0 bridgehead atoms. The smallest absolute Gasteiger partial charge is 0.124 e. The predicted molar refractivity (Wildman–Crippen MR) is 82.3 cm³/mol. The van der Waals surface area contributed by atoms with Crippen LogP contribution in [0.3, 0.4) is 0 Å². The molecule has 0 aliphatic carbocycles. The predicted octanol–water partition coefficient (Wildman–Crippen LogP) is 3.02. The number of hydrogen-bond acceptors (Lipinski definition) is 4. The van der Waals surface area contributed by atoms with Crippen LogP contribution in [0.4, 0.5) is 5.69 Å². The normalized spacial score (nSPS) is 11.5. The number of methoxy groups -OCH3 is 1. The van der Waals surface area contributed by atoms with E-state index in [-0.39, 0.29) is 0 Å². The van der Waals surface area contributed by atoms with Crippen molar-refractivity contribution in [1.82, 2.24) is 0 Å². The summed E-state index contributed by atoms with van der Waals surface area (Å²) in [4.78, 5) is 0. The molecule has 0 spiro atoms. The van der Waals surface area contributed by atoms with Gasteiger partial charge in [-0.15, -0.1) is 0 Å². The Hall–Kier alpha value is -2.51. The lowest BCUT2D eigenvalue weighted by Crippen LogP contribution is -2.14. The highest BCUT2D eigenvalue weighted by atomic mass is 16.5. The minimum Gasteiger partial charge on any atom is -0.496 e. The molecule has 2 aromatic rings. The molecular formula is C17H18N2O2. The van der Waals surface area contributed by atoms with Crippen LogP contribution in [0.1, 0.15) is 22.8 Å². The molecule has 2 aromatic carbocycles. The molecule has 1 unspecified atom stereocenters. The van der Waals surface area contributed by atoms with Crippen molar-refractivity contribution < 1.29 is 9.84 Å². The van der Waals surface area contributed by atoms with Crippen LogP contribution in [0.15, 0.2) is 42.5 Å². The van der Waals surface area contributed by atoms with Crippen molar-refractivity contribution in [3.8, 4) is 11.8 Å². The molecule has 0 heterocycles. The molecule has 4 nitrogen and oxygen atoms in total. The minimum atomic E-state index is -0.716. The summed E-state index contributed by atoms with van der Waals surface area (Å²) >= 11 is 0. The molecule has 2 N–H and O–H groups in total. The molecule has 0 aliphatic rings. The van der Waals surface area contributed by atoms with E-state index >= 15 is 0 Å². The fraction of sp³-hybridized carbons (Fsp3) is 0.235. The highest BCUT2D eigenvalue weighted by molar-refractivity contribution is 5.57. The molecule has 108 valence electrons. The zero-order valence-electron chi connectivity index (χ0n) is 12.1. The summed E-state index contributed by atoms with van der Waals surface area (Å²) in [5, 5.41) is 22.5. The van der Waals surface area contributed by atoms with Gasteiger partial charge in [0.25, 0.3) is 0 Å². The number of nitrogens with zero attached hydrogens (tertiary/aromatic N) is 1. The molecule has 0 radical (unpaired) electrons. The molecule has 21 heavy (non-hydrogen) atoms. The molecule has 0 aromatic heterocycles. The van der Waals surface area contributed by atoms with Crippen LogP contribution in [0, 0.1) is 18.3 Å². The Bertz CT molecular complexity index is 662. The van der Waals surface area contributed by atoms with Crippen molar-refractivity contribution in [2.75, 3.05) is 19.0 Å². The largest absolute Gasteiger partial charge is 0.496 e. The first-order valence-corrected chi connectivity index (χ1v) is 6.71. The van der Waals surface area contributed by atoms with Crippen LogP contribution in [0.25, 0.3) is 0 Å². The summed E-state index contributed by atoms with van der Waals surface area (Å²) in [7, 11) is 1.58. The number of nitriles is 1. The molecule has 2 rings (SSSR count). The second-order valence-electron chi connectivity index (χ2n) is 4.80. The van der Waals surface area contributed by atoms with Crippen LogP contribution in [-0.4, -0.2) is 18.8 Å². The summed E-state index contributed by atoms with van der Waals surface area (Å²) < 4.78 is 5.28. The minimum absolute atomic E-state index is 0.304. The maximum atomic E-state index is 10.4. The number of benzene rings is 2. The second-order valence-corrected chi connectivity index (χ2v) is 4.80. The maximum Gasteiger partial charge on any atom is 0.124 e. The summed E-state index contributed by atoms with van der Waals surface area (Å²) in [6.07, 6.45) is -0.716. The van der Waals surface area contributed by atoms with Gasteiger partial charge in [0.15, 0.2) is 0 Å². The van der Waals surface area contributed by atoms with E-state index in [1.807, 2.05) is 43.3 Å². The van der Waals surface area contributed by atoms with Crippen LogP contribution < -0.4 is 10.1 Å². The van der Waals surface area contributed by atoms with Gasteiger partial charge >= 0.3 is 0 Å². The van der Waals surface area contributed by atoms with E-state index in [0.29, 0.717) is 23.5 Å². The number of hydrogen-bond donors (Lipinski definition) is 2. The first kappa shape index (κ1) is 14.9. The van der Waals surface area contributed by atoms with E-state index in [1.165, 1.54) is 0 Å². The molecule has 4 heteroatoms. The van der Waals surface area contributed by atoms with Crippen molar-refractivity contribution in [3.63, 3.8) is 0 Å². The van der Waals surface area contributed by atoms with Gasteiger partial charge in [0.1, 0.15) is 11.8 Å². The maximum absolute atomic E-state index is 10.4. The Morgan fingerprint density at radius 3 is 2.76 bits per heavy atom. The second kappa shape index (κ2) is 6.78. The Morgan fingerprint density at radius 1 is 1.29 bits per heavy atom. The third-order valence-electron chi connectivity index (χ3n) is 3.28. The molecular weight excluding hydrogens is 264 g/mol. The van der Waals surface area contributed by atoms with Gasteiger partial charge in [-0.2, -0.15) is 5.26 Å². The quantitative estimate of drug-likeness (QED) is 0.884. The van der Waals surface area contributed by atoms with Crippen LogP contribution in [0.5, 0.6) is 5.75 Å². The number of aliphatic hydroxyl groups is 1. The average Bonchev–Trinajstić information content (AvgIpc) is 2.52. The highest BCUT2D eigenvalue weighted by Crippen LogP contribution is 2.27. The third kappa shape index (κ3) is 3.53. The lowest BCUT2D eigenvalue weighted by molar-refractivity contribution is 0.187. The van der Waals surface area contributed by atoms with Gasteiger partial charge in [0.2, 0.25) is 0 Å². The number of nitrogens with one attached hydrogen (secondary N) is 1. The Kier molecular flexibility index (Phi) is 4.81. The van der Waals surface area contributed by atoms with E-state index in [2.05, 4.69) is 11.4 Å². The fourth-order valence-corrected chi connectivity index (χ4v) is 2.17. The standard InChI is InChI=1S/C17H18N2O2/c1-12-7-8-17(21-2)14(9-12)16(20)11-19-15-6-4-3-5-13(15)10-18/h3-9,16,19-20H,11H2,1-2H3. The number of rotatable bonds is 5. The van der Waals surface area contributed by atoms with Gasteiger partial charge < -0.3 is 15.2 Å². The SMILES string of the molecule is COc1ccc(C)cc1C(O)CNc1ccccc1C#N. The Balaban J connectivity index is 2.14. The first-order chi connectivity index (χ1) is 10.2. The number of aryl methyl sites for hydroxylation is 1. The highest BCUT2D eigenvalue weighted by Gasteiger charge is 2.14. The van der Waals surface area contributed by atoms with Gasteiger partial charge in [0.05, 0.1) is 24.5 Å². The molecule has 0 fully saturated rings. The van der Waals surface area contributed by atoms with Gasteiger partial charge in [-0.25, -0.2) is 0 Å². The van der Waals surface area contributed by atoms with Gasteiger partial charge in [-0.1, -0.05) is 23.8 Å². The third-order valence-corrected chi connectivity index (χ3v) is 3.28. The number of anilines is 1. The van der Waals surface area contributed by atoms with E-state index in [0.717, 1.165) is 11.1 Å². The lowest BCUT2D eigenvalue weighted by atomic mass is 10.0. The zero-order valence-corrected chi connectivity index (χ0v) is 12.1. The topological polar surface area (TPSA) is 65.3 Å². The lowest BCUT2D eigenvalue weighted by Gasteiger charge is -2.17. The summed E-state index contributed by atoms with van der Waals surface area (Å²) in [5.41, 5.74) is 3.06. The van der Waals surface area contributed by atoms with Crippen molar-refractivity contribution in [1.29, 1.82) is 5.26 Å². The molecule has 0 saturated carbocycles. The van der Waals surface area contributed by atoms with Crippen molar-refractivity contribution in [2.24, 2.45) is 0 Å². The summed E-state index contributed by atoms with van der Waals surface area (Å²) in [5.74, 6) is 0.656. The van der Waals surface area contributed by atoms with Crippen LogP contribution >= 0.6 is 0 Å². The molecule has 0 saturated heterocycles. The number of aliphatic hydroxyl groups excluding tert-OH is 1. The molecule has 1 atom stereocenters. The van der Waals surface area contributed by atoms with Crippen molar-refractivity contribution >= 4 is 5.69 Å². The van der Waals surface area contributed by atoms with E-state index < -0.39 is 6.10 Å². The van der Waals surface area contributed by atoms with E-state index in [4.69, 9.17) is 10.00 Å². The van der Waals surface area contributed by atoms with Crippen LogP contribution in [0.2, 0.25) is 0 Å². The fourth-order valence-electron chi connectivity index (χ4n) is 2.17. The first-order valence-electron chi connectivity index (χ1n) is 6.71. The van der Waals surface area contributed by atoms with Gasteiger partial charge in [0, 0.05) is 12.1 Å². The molecule has 0 amide bonds. The Morgan fingerprint density at radius 2 is 2.05 bits per heavy atom. The molecule has 0 aliphatic heterocycles. The monoisotopic (exact) mass is 282 g/mol. The van der Waals surface area contributed by atoms with Gasteiger partial charge in [-0.3, -0.25) is 0 Å². The van der Waals surface area contributed by atoms with Gasteiger partial charge in [-0.05, 0) is 31.2 Å².